The minimum atomic E-state index is 0.208. The van der Waals surface area contributed by atoms with E-state index in [1.165, 1.54) is 0 Å². The highest BCUT2D eigenvalue weighted by atomic mass is 16.5. The van der Waals surface area contributed by atoms with Gasteiger partial charge in [-0.2, -0.15) is 0 Å². The molecule has 2 heterocycles. The molecule has 1 saturated heterocycles. The van der Waals surface area contributed by atoms with Crippen LogP contribution >= 0.6 is 0 Å². The Morgan fingerprint density at radius 3 is 3.38 bits per heavy atom. The lowest BCUT2D eigenvalue weighted by molar-refractivity contribution is 0.0273. The van der Waals surface area contributed by atoms with Crippen LogP contribution in [-0.4, -0.2) is 54.3 Å². The highest BCUT2D eigenvalue weighted by Gasteiger charge is 2.16. The third-order valence-electron chi connectivity index (χ3n) is 2.65. The van der Waals surface area contributed by atoms with Crippen LogP contribution in [0.4, 0.5) is 0 Å². The zero-order valence-corrected chi connectivity index (χ0v) is 9.56. The average Bonchev–Trinajstić information content (AvgIpc) is 2.75. The summed E-state index contributed by atoms with van der Waals surface area (Å²) in [6.45, 7) is 4.06. The number of hydrogen-bond acceptors (Lipinski definition) is 5. The molecule has 2 rings (SSSR count). The van der Waals surface area contributed by atoms with Crippen molar-refractivity contribution in [2.24, 2.45) is 0 Å². The second-order valence-electron chi connectivity index (χ2n) is 3.83. The predicted octanol–water partition coefficient (Wildman–Crippen LogP) is -0.545. The Hall–Kier alpha value is -0.980. The summed E-state index contributed by atoms with van der Waals surface area (Å²) in [6.07, 6.45) is 2.75. The molecule has 1 N–H and O–H groups in total. The number of hydrogen-bond donors (Lipinski definition) is 1. The fourth-order valence-electron chi connectivity index (χ4n) is 1.77. The summed E-state index contributed by atoms with van der Waals surface area (Å²) >= 11 is 0. The van der Waals surface area contributed by atoms with E-state index < -0.39 is 0 Å². The van der Waals surface area contributed by atoms with Gasteiger partial charge in [0, 0.05) is 33.2 Å². The Bertz CT molecular complexity index is 310. The summed E-state index contributed by atoms with van der Waals surface area (Å²) in [5.41, 5.74) is 0. The van der Waals surface area contributed by atoms with Crippen LogP contribution in [0.15, 0.2) is 6.33 Å². The summed E-state index contributed by atoms with van der Waals surface area (Å²) in [5, 5.41) is 11.3. The van der Waals surface area contributed by atoms with Crippen LogP contribution in [0.25, 0.3) is 0 Å². The topological polar surface area (TPSA) is 61.2 Å². The van der Waals surface area contributed by atoms with Crippen molar-refractivity contribution in [3.63, 3.8) is 0 Å². The van der Waals surface area contributed by atoms with E-state index >= 15 is 0 Å². The Balaban J connectivity index is 1.89. The van der Waals surface area contributed by atoms with Crippen LogP contribution in [0.3, 0.4) is 0 Å². The van der Waals surface area contributed by atoms with Crippen molar-refractivity contribution in [3.8, 4) is 0 Å². The Labute approximate surface area is 94.9 Å². The number of aromatic nitrogens is 3. The normalized spacial score (nSPS) is 21.2. The fraction of sp³-hybridized carbons (Fsp3) is 0.800. The van der Waals surface area contributed by atoms with Crippen LogP contribution in [0.2, 0.25) is 0 Å². The number of ether oxygens (including phenoxy) is 2. The van der Waals surface area contributed by atoms with Gasteiger partial charge in [0.25, 0.3) is 0 Å². The van der Waals surface area contributed by atoms with E-state index in [9.17, 15) is 0 Å². The molecule has 16 heavy (non-hydrogen) atoms. The van der Waals surface area contributed by atoms with Crippen LogP contribution in [0, 0.1) is 0 Å². The first kappa shape index (κ1) is 11.5. The smallest absolute Gasteiger partial charge is 0.135 e. The summed E-state index contributed by atoms with van der Waals surface area (Å²) in [5.74, 6) is 0.964. The first-order valence-electron chi connectivity index (χ1n) is 5.58. The van der Waals surface area contributed by atoms with Crippen LogP contribution in [0.5, 0.6) is 0 Å². The lowest BCUT2D eigenvalue weighted by atomic mass is 10.2. The summed E-state index contributed by atoms with van der Waals surface area (Å²) in [6, 6.07) is 0. The van der Waals surface area contributed by atoms with E-state index in [0.717, 1.165) is 38.5 Å². The molecule has 1 aromatic rings. The molecular weight excluding hydrogens is 208 g/mol. The molecule has 1 atom stereocenters. The summed E-state index contributed by atoms with van der Waals surface area (Å²) < 4.78 is 12.7. The molecule has 1 aromatic heterocycles. The number of morpholine rings is 1. The fourth-order valence-corrected chi connectivity index (χ4v) is 1.77. The van der Waals surface area contributed by atoms with Gasteiger partial charge in [0.05, 0.1) is 19.3 Å². The first-order chi connectivity index (χ1) is 7.90. The molecule has 0 spiro atoms. The molecule has 1 aliphatic heterocycles. The predicted molar refractivity (Wildman–Crippen MR) is 58.2 cm³/mol. The van der Waals surface area contributed by atoms with Crippen LogP contribution in [-0.2, 0) is 22.4 Å². The largest absolute Gasteiger partial charge is 0.383 e. The number of rotatable bonds is 5. The van der Waals surface area contributed by atoms with Crippen molar-refractivity contribution >= 4 is 0 Å². The molecule has 0 aliphatic carbocycles. The third-order valence-corrected chi connectivity index (χ3v) is 2.65. The number of nitrogens with zero attached hydrogens (tertiary/aromatic N) is 3. The summed E-state index contributed by atoms with van der Waals surface area (Å²) in [4.78, 5) is 0. The van der Waals surface area contributed by atoms with Gasteiger partial charge in [-0.25, -0.2) is 0 Å². The van der Waals surface area contributed by atoms with Crippen LogP contribution in [0.1, 0.15) is 5.82 Å². The van der Waals surface area contributed by atoms with E-state index in [1.807, 2.05) is 4.57 Å². The molecule has 1 aliphatic rings. The van der Waals surface area contributed by atoms with Crippen molar-refractivity contribution < 1.29 is 9.47 Å². The van der Waals surface area contributed by atoms with Gasteiger partial charge in [0.2, 0.25) is 0 Å². The number of nitrogens with one attached hydrogen (secondary N) is 1. The molecular formula is C10H18N4O2. The Morgan fingerprint density at radius 1 is 1.69 bits per heavy atom. The molecule has 1 fully saturated rings. The molecule has 6 heteroatoms. The maximum atomic E-state index is 5.64. The van der Waals surface area contributed by atoms with Crippen molar-refractivity contribution in [2.75, 3.05) is 33.4 Å². The van der Waals surface area contributed by atoms with Gasteiger partial charge in [0.15, 0.2) is 0 Å². The van der Waals surface area contributed by atoms with Gasteiger partial charge in [0.1, 0.15) is 12.2 Å². The Kier molecular flexibility index (Phi) is 4.26. The van der Waals surface area contributed by atoms with Gasteiger partial charge in [-0.05, 0) is 0 Å². The molecule has 0 bridgehead atoms. The van der Waals surface area contributed by atoms with Gasteiger partial charge >= 0.3 is 0 Å². The SMILES string of the molecule is COCCn1cnnc1CC1CNCCO1. The third kappa shape index (κ3) is 3.01. The molecule has 0 aromatic carbocycles. The van der Waals surface area contributed by atoms with E-state index in [2.05, 4.69) is 15.5 Å². The lowest BCUT2D eigenvalue weighted by Gasteiger charge is -2.23. The van der Waals surface area contributed by atoms with Gasteiger partial charge in [-0.1, -0.05) is 0 Å². The minimum Gasteiger partial charge on any atom is -0.383 e. The second kappa shape index (κ2) is 5.93. The quantitative estimate of drug-likeness (QED) is 0.730. The van der Waals surface area contributed by atoms with Crippen LogP contribution < -0.4 is 5.32 Å². The zero-order valence-electron chi connectivity index (χ0n) is 9.56. The van der Waals surface area contributed by atoms with E-state index in [-0.39, 0.29) is 6.10 Å². The highest BCUT2D eigenvalue weighted by Crippen LogP contribution is 2.05. The maximum absolute atomic E-state index is 5.64. The second-order valence-corrected chi connectivity index (χ2v) is 3.83. The molecule has 1 unspecified atom stereocenters. The maximum Gasteiger partial charge on any atom is 0.135 e. The van der Waals surface area contributed by atoms with Crippen molar-refractivity contribution in [1.82, 2.24) is 20.1 Å². The molecule has 0 amide bonds. The van der Waals surface area contributed by atoms with Crippen molar-refractivity contribution in [2.45, 2.75) is 19.1 Å². The van der Waals surface area contributed by atoms with Crippen molar-refractivity contribution in [3.05, 3.63) is 12.2 Å². The zero-order chi connectivity index (χ0) is 11.2. The van der Waals surface area contributed by atoms with Gasteiger partial charge in [-0.3, -0.25) is 0 Å². The number of methoxy groups -OCH3 is 1. The van der Waals surface area contributed by atoms with E-state index in [1.54, 1.807) is 13.4 Å². The molecule has 0 radical (unpaired) electrons. The monoisotopic (exact) mass is 226 g/mol. The van der Waals surface area contributed by atoms with Gasteiger partial charge < -0.3 is 19.4 Å². The van der Waals surface area contributed by atoms with E-state index in [0.29, 0.717) is 6.61 Å². The Morgan fingerprint density at radius 2 is 2.62 bits per heavy atom. The standard InChI is InChI=1S/C10H18N4O2/c1-15-5-3-14-8-12-13-10(14)6-9-7-11-2-4-16-9/h8-9,11H,2-7H2,1H3. The lowest BCUT2D eigenvalue weighted by Crippen LogP contribution is -2.40. The van der Waals surface area contributed by atoms with Gasteiger partial charge in [-0.15, -0.1) is 10.2 Å². The first-order valence-corrected chi connectivity index (χ1v) is 5.58. The van der Waals surface area contributed by atoms with Crippen molar-refractivity contribution in [1.29, 1.82) is 0 Å². The minimum absolute atomic E-state index is 0.208. The molecule has 6 nitrogen and oxygen atoms in total. The molecule has 90 valence electrons. The van der Waals surface area contributed by atoms with E-state index in [4.69, 9.17) is 9.47 Å². The molecule has 0 saturated carbocycles. The summed E-state index contributed by atoms with van der Waals surface area (Å²) in [7, 11) is 1.69. The average molecular weight is 226 g/mol. The highest BCUT2D eigenvalue weighted by molar-refractivity contribution is 4.90.